The van der Waals surface area contributed by atoms with Crippen molar-refractivity contribution >= 4 is 64.2 Å². The molecule has 7 amide bonds. The van der Waals surface area contributed by atoms with Gasteiger partial charge in [0.2, 0.25) is 41.4 Å². The number of amides is 7. The van der Waals surface area contributed by atoms with Crippen molar-refractivity contribution in [3.05, 3.63) is 71.9 Å². The van der Waals surface area contributed by atoms with Gasteiger partial charge in [-0.2, -0.15) is 0 Å². The highest BCUT2D eigenvalue weighted by atomic mass is 16.8. The predicted octanol–water partition coefficient (Wildman–Crippen LogP) is 3.25. The third-order valence-electron chi connectivity index (χ3n) is 14.0. The molecule has 2 aliphatic heterocycles. The highest BCUT2D eigenvalue weighted by Crippen LogP contribution is 2.36. The average Bonchev–Trinajstić information content (AvgIpc) is 4.16. The molecule has 2 aromatic carbocycles. The van der Waals surface area contributed by atoms with Crippen LogP contribution in [0.15, 0.2) is 60.8 Å². The van der Waals surface area contributed by atoms with Gasteiger partial charge < -0.3 is 55.6 Å². The molecule has 2 saturated heterocycles. The third kappa shape index (κ3) is 14.9. The number of fused-ring (bicyclic) bond motifs is 1. The lowest BCUT2D eigenvalue weighted by Crippen LogP contribution is -2.60. The highest BCUT2D eigenvalue weighted by molar-refractivity contribution is 5.99. The molecule has 0 aliphatic carbocycles. The molecule has 21 nitrogen and oxygen atoms in total. The molecular formula is C54H77N9O12. The van der Waals surface area contributed by atoms with Crippen LogP contribution in [-0.4, -0.2) is 147 Å². The van der Waals surface area contributed by atoms with E-state index in [0.29, 0.717) is 18.5 Å². The van der Waals surface area contributed by atoms with E-state index >= 15 is 4.79 Å². The molecule has 5 rings (SSSR count). The van der Waals surface area contributed by atoms with Gasteiger partial charge in [0.15, 0.2) is 0 Å². The molecule has 21 heteroatoms. The molecule has 8 N–H and O–H groups in total. The van der Waals surface area contributed by atoms with E-state index in [1.165, 1.54) is 38.1 Å². The van der Waals surface area contributed by atoms with Crippen molar-refractivity contribution in [1.82, 2.24) is 41.0 Å². The number of allylic oxidation sites excluding steroid dienone is 1. The number of epoxide rings is 1. The standard InChI is InChI=1S/C54H77N9O12/c1-12-13-17-37-47(66)59-40(26-35-27-62(54(8,9)46-29-75-46)41-18-15-14-16-36(35)41)53(72)61(11)43(22-31(4)5)50(69)58-39(24-34-19-20-45(65)42(25-34)63(73)74)48(67)55-33(7)52(71)60(10)44(23-32(6)28-64)51(70)57-38(21-30(2)3)49(68)56-37/h12-16,18-20,25,27-28,30-33,37-40,43-44,46,65,73-74H,17,21-24,26,29H2,1-11H3,(H,55,67)(H,56,68)(H,57,70)(H,58,69)(H,59,66). The van der Waals surface area contributed by atoms with Crippen molar-refractivity contribution in [3.63, 3.8) is 0 Å². The number of carbonyl (C=O) groups is 8. The Balaban J connectivity index is 1.69. The van der Waals surface area contributed by atoms with Gasteiger partial charge in [0.1, 0.15) is 66.1 Å². The number of benzene rings is 2. The first-order valence-corrected chi connectivity index (χ1v) is 25.6. The maximum atomic E-state index is 15.3. The van der Waals surface area contributed by atoms with Crippen molar-refractivity contribution in [2.24, 2.45) is 17.8 Å². The monoisotopic (exact) mass is 1040 g/mol. The van der Waals surface area contributed by atoms with Crippen molar-refractivity contribution in [3.8, 4) is 5.75 Å². The number of likely N-dealkylation sites (N-methyl/N-ethyl adjacent to an activating group) is 2. The number of aldehydes is 1. The Bertz CT molecular complexity index is 2590. The third-order valence-corrected chi connectivity index (χ3v) is 14.0. The number of rotatable bonds is 16. The van der Waals surface area contributed by atoms with Crippen molar-refractivity contribution < 1.29 is 58.6 Å². The molecule has 9 atom stereocenters. The summed E-state index contributed by atoms with van der Waals surface area (Å²) in [6.45, 7) is 16.7. The van der Waals surface area contributed by atoms with E-state index in [2.05, 4.69) is 31.2 Å². The number of phenols is 1. The Morgan fingerprint density at radius 1 is 0.733 bits per heavy atom. The van der Waals surface area contributed by atoms with E-state index < -0.39 is 107 Å². The second kappa shape index (κ2) is 25.6. The van der Waals surface area contributed by atoms with Crippen LogP contribution in [0.3, 0.4) is 0 Å². The van der Waals surface area contributed by atoms with Crippen LogP contribution in [-0.2, 0) is 61.5 Å². The minimum absolute atomic E-state index is 0.0192. The van der Waals surface area contributed by atoms with Gasteiger partial charge in [-0.3, -0.25) is 44.0 Å². The summed E-state index contributed by atoms with van der Waals surface area (Å²) in [6, 6.07) is 2.01. The summed E-state index contributed by atoms with van der Waals surface area (Å²) in [5.41, 5.74) is 0.834. The molecule has 9 unspecified atom stereocenters. The Kier molecular flexibility index (Phi) is 20.2. The predicted molar refractivity (Wildman–Crippen MR) is 279 cm³/mol. The number of para-hydroxylation sites is 1. The van der Waals surface area contributed by atoms with E-state index in [4.69, 9.17) is 4.74 Å². The summed E-state index contributed by atoms with van der Waals surface area (Å²) in [6.07, 6.45) is 5.44. The van der Waals surface area contributed by atoms with Crippen LogP contribution in [0.1, 0.15) is 99.1 Å². The molecule has 410 valence electrons. The second-order valence-electron chi connectivity index (χ2n) is 21.4. The zero-order valence-electron chi connectivity index (χ0n) is 45.0. The molecule has 0 spiro atoms. The summed E-state index contributed by atoms with van der Waals surface area (Å²) in [7, 11) is 2.75. The Morgan fingerprint density at radius 3 is 1.89 bits per heavy atom. The number of ether oxygens (including phenoxy) is 1. The summed E-state index contributed by atoms with van der Waals surface area (Å²) in [4.78, 5) is 117. The molecule has 0 bridgehead atoms. The number of nitrogens with zero attached hydrogens (tertiary/aromatic N) is 4. The van der Waals surface area contributed by atoms with Gasteiger partial charge in [-0.05, 0) is 94.5 Å². The average molecular weight is 1040 g/mol. The minimum Gasteiger partial charge on any atom is -0.506 e. The molecule has 3 aromatic rings. The van der Waals surface area contributed by atoms with Crippen LogP contribution in [0.5, 0.6) is 5.75 Å². The Hall–Kier alpha value is -6.84. The SMILES string of the molecule is CC=CCC1NC(=O)C(CC(C)C)NC(=O)C(CC(C)C=O)N(C)C(=O)C(C)NC(=O)C(Cc2ccc(O)c(N(O)O)c2)NC(=O)C(CC(C)C)N(C)C(=O)C(Cc2cn(C(C)(C)C3CO3)c3ccccc23)NC1=O. The number of hydrogen-bond acceptors (Lipinski definition) is 13. The lowest BCUT2D eigenvalue weighted by Gasteiger charge is -2.33. The van der Waals surface area contributed by atoms with E-state index in [1.807, 2.05) is 72.0 Å². The molecule has 1 aromatic heterocycles. The normalized spacial score (nSPS) is 24.7. The second-order valence-corrected chi connectivity index (χ2v) is 21.4. The molecule has 75 heavy (non-hydrogen) atoms. The fraction of sp³-hybridized carbons (Fsp3) is 0.556. The first-order chi connectivity index (χ1) is 35.3. The van der Waals surface area contributed by atoms with Crippen molar-refractivity contribution in [2.75, 3.05) is 25.9 Å². The molecule has 2 aliphatic rings. The zero-order chi connectivity index (χ0) is 55.6. The number of nitrogens with one attached hydrogen (secondary N) is 5. The van der Waals surface area contributed by atoms with Gasteiger partial charge in [-0.15, -0.1) is 5.23 Å². The minimum atomic E-state index is -1.51. The fourth-order valence-corrected chi connectivity index (χ4v) is 9.48. The van der Waals surface area contributed by atoms with Crippen LogP contribution in [0.4, 0.5) is 5.69 Å². The van der Waals surface area contributed by atoms with Gasteiger partial charge in [-0.1, -0.05) is 71.0 Å². The topological polar surface area (TPSA) is 285 Å². The Morgan fingerprint density at radius 2 is 1.29 bits per heavy atom. The smallest absolute Gasteiger partial charge is 0.245 e. The fourth-order valence-electron chi connectivity index (χ4n) is 9.48. The van der Waals surface area contributed by atoms with Gasteiger partial charge in [-0.25, -0.2) is 0 Å². The van der Waals surface area contributed by atoms with Gasteiger partial charge in [0.05, 0.1) is 12.1 Å². The van der Waals surface area contributed by atoms with E-state index in [1.54, 1.807) is 26.0 Å². The number of carbonyl (C=O) groups excluding carboxylic acids is 8. The maximum Gasteiger partial charge on any atom is 0.245 e. The van der Waals surface area contributed by atoms with Crippen molar-refractivity contribution in [1.29, 1.82) is 0 Å². The lowest BCUT2D eigenvalue weighted by atomic mass is 9.98. The van der Waals surface area contributed by atoms with E-state index in [0.717, 1.165) is 21.9 Å². The number of hydrogen-bond donors (Lipinski definition) is 8. The number of aromatic hydroxyl groups is 1. The molecular weight excluding hydrogens is 967 g/mol. The molecule has 2 fully saturated rings. The van der Waals surface area contributed by atoms with Crippen LogP contribution < -0.4 is 31.8 Å². The van der Waals surface area contributed by atoms with Crippen LogP contribution in [0.25, 0.3) is 10.9 Å². The number of anilines is 1. The molecule has 3 heterocycles. The summed E-state index contributed by atoms with van der Waals surface area (Å²) in [5.74, 6) is -6.99. The molecule has 0 saturated carbocycles. The Labute approximate surface area is 438 Å². The first kappa shape index (κ1) is 59.0. The molecule has 0 radical (unpaired) electrons. The van der Waals surface area contributed by atoms with E-state index in [-0.39, 0.29) is 67.3 Å². The highest BCUT2D eigenvalue weighted by Gasteiger charge is 2.43. The van der Waals surface area contributed by atoms with Crippen LogP contribution in [0, 0.1) is 17.8 Å². The number of aromatic nitrogens is 1. The summed E-state index contributed by atoms with van der Waals surface area (Å²) in [5, 5.41) is 44.5. The zero-order valence-corrected chi connectivity index (χ0v) is 45.0. The van der Waals surface area contributed by atoms with Crippen LogP contribution in [0.2, 0.25) is 0 Å². The van der Waals surface area contributed by atoms with E-state index in [9.17, 15) is 49.1 Å². The summed E-state index contributed by atoms with van der Waals surface area (Å²) >= 11 is 0. The largest absolute Gasteiger partial charge is 0.506 e. The van der Waals surface area contributed by atoms with Gasteiger partial charge in [0.25, 0.3) is 0 Å². The van der Waals surface area contributed by atoms with Gasteiger partial charge >= 0.3 is 0 Å². The number of phenolic OH excluding ortho intramolecular Hbond substituents is 1. The quantitative estimate of drug-likeness (QED) is 0.0443. The lowest BCUT2D eigenvalue weighted by molar-refractivity contribution is -0.144. The van der Waals surface area contributed by atoms with Crippen molar-refractivity contribution in [2.45, 2.75) is 155 Å². The summed E-state index contributed by atoms with van der Waals surface area (Å²) < 4.78 is 7.84. The maximum absolute atomic E-state index is 15.3. The van der Waals surface area contributed by atoms with Gasteiger partial charge in [0, 0.05) is 50.0 Å². The first-order valence-electron chi connectivity index (χ1n) is 25.6. The van der Waals surface area contributed by atoms with Crippen LogP contribution >= 0.6 is 0 Å².